The number of allylic oxidation sites excluding steroid dienone is 1. The highest BCUT2D eigenvalue weighted by atomic mass is 14.9. The van der Waals surface area contributed by atoms with Crippen LogP contribution in [0.3, 0.4) is 0 Å². The summed E-state index contributed by atoms with van der Waals surface area (Å²) in [4.78, 5) is 0. The zero-order valence-corrected chi connectivity index (χ0v) is 6.65. The van der Waals surface area contributed by atoms with Crippen molar-refractivity contribution in [2.24, 2.45) is 0 Å². The largest absolute Gasteiger partial charge is 0.388 e. The van der Waals surface area contributed by atoms with Crippen molar-refractivity contribution in [3.8, 4) is 0 Å². The Labute approximate surface area is 58.2 Å². The van der Waals surface area contributed by atoms with Gasteiger partial charge in [-0.3, -0.25) is 0 Å². The molecule has 54 valence electrons. The van der Waals surface area contributed by atoms with Crippen molar-refractivity contribution in [2.75, 3.05) is 0 Å². The highest BCUT2D eigenvalue weighted by Gasteiger charge is 1.95. The zero-order chi connectivity index (χ0) is 7.11. The predicted octanol–water partition coefficient (Wildman–Crippen LogP) is 2.30. The van der Waals surface area contributed by atoms with Gasteiger partial charge in [-0.05, 0) is 26.0 Å². The monoisotopic (exact) mass is 127 g/mol. The van der Waals surface area contributed by atoms with E-state index in [-0.39, 0.29) is 0 Å². The molecule has 0 aliphatic rings. The van der Waals surface area contributed by atoms with Crippen LogP contribution in [0.4, 0.5) is 0 Å². The van der Waals surface area contributed by atoms with Crippen molar-refractivity contribution >= 4 is 0 Å². The molecule has 0 aromatic rings. The fourth-order valence-electron chi connectivity index (χ4n) is 0.757. The minimum atomic E-state index is 0.668. The summed E-state index contributed by atoms with van der Waals surface area (Å²) in [7, 11) is 0. The smallest absolute Gasteiger partial charge is 0.0250 e. The molecule has 0 amide bonds. The van der Waals surface area contributed by atoms with Crippen molar-refractivity contribution in [1.82, 2.24) is 5.32 Å². The average Bonchev–Trinajstić information content (AvgIpc) is 1.91. The summed E-state index contributed by atoms with van der Waals surface area (Å²) in [5.74, 6) is 0. The van der Waals surface area contributed by atoms with Gasteiger partial charge in [-0.2, -0.15) is 0 Å². The van der Waals surface area contributed by atoms with Gasteiger partial charge in [-0.15, -0.1) is 0 Å². The fourth-order valence-corrected chi connectivity index (χ4v) is 0.757. The van der Waals surface area contributed by atoms with Crippen LogP contribution in [0.5, 0.6) is 0 Å². The van der Waals surface area contributed by atoms with E-state index in [4.69, 9.17) is 0 Å². The summed E-state index contributed by atoms with van der Waals surface area (Å²) in [5, 5.41) is 3.29. The normalized spacial score (nSPS) is 11.1. The van der Waals surface area contributed by atoms with Crippen molar-refractivity contribution in [3.63, 3.8) is 0 Å². The first-order valence-corrected chi connectivity index (χ1v) is 3.72. The molecule has 0 aromatic heterocycles. The van der Waals surface area contributed by atoms with Gasteiger partial charge in [0.2, 0.25) is 0 Å². The number of nitrogens with one attached hydrogen (secondary N) is 1. The first-order chi connectivity index (χ1) is 4.35. The van der Waals surface area contributed by atoms with Crippen LogP contribution >= 0.6 is 0 Å². The molecule has 0 aliphatic heterocycles. The molecule has 1 heteroatoms. The molecule has 0 saturated heterocycles. The van der Waals surface area contributed by atoms with Crippen LogP contribution in [-0.4, -0.2) is 6.04 Å². The van der Waals surface area contributed by atoms with Crippen LogP contribution in [0, 0.1) is 0 Å². The van der Waals surface area contributed by atoms with Crippen LogP contribution < -0.4 is 5.32 Å². The third kappa shape index (κ3) is 4.07. The molecule has 0 aromatic carbocycles. The predicted molar refractivity (Wildman–Crippen MR) is 42.3 cm³/mol. The second kappa shape index (κ2) is 5.67. The molecule has 0 spiro atoms. The van der Waals surface area contributed by atoms with Crippen LogP contribution in [0.15, 0.2) is 12.3 Å². The first-order valence-electron chi connectivity index (χ1n) is 3.72. The summed E-state index contributed by atoms with van der Waals surface area (Å²) in [5.41, 5.74) is 0. The van der Waals surface area contributed by atoms with E-state index >= 15 is 0 Å². The molecule has 0 fully saturated rings. The van der Waals surface area contributed by atoms with Crippen molar-refractivity contribution in [3.05, 3.63) is 12.3 Å². The molecule has 0 saturated carbocycles. The lowest BCUT2D eigenvalue weighted by Crippen LogP contribution is -2.21. The molecular weight excluding hydrogens is 110 g/mol. The molecule has 1 nitrogen and oxygen atoms in total. The lowest BCUT2D eigenvalue weighted by molar-refractivity contribution is 0.551. The number of hydrogen-bond acceptors (Lipinski definition) is 1. The fraction of sp³-hybridized carbons (Fsp3) is 0.750. The molecule has 0 atom stereocenters. The third-order valence-electron chi connectivity index (χ3n) is 1.48. The Morgan fingerprint density at radius 2 is 1.89 bits per heavy atom. The van der Waals surface area contributed by atoms with E-state index in [1.54, 1.807) is 0 Å². The van der Waals surface area contributed by atoms with E-state index in [0.29, 0.717) is 6.04 Å². The second-order valence-corrected chi connectivity index (χ2v) is 2.18. The van der Waals surface area contributed by atoms with Crippen LogP contribution in [0.25, 0.3) is 0 Å². The molecular formula is C8H17N. The molecule has 0 heterocycles. The SMILES string of the molecule is CC=CNC(CC)CC. The van der Waals surface area contributed by atoms with Gasteiger partial charge >= 0.3 is 0 Å². The van der Waals surface area contributed by atoms with Crippen LogP contribution in [0.2, 0.25) is 0 Å². The zero-order valence-electron chi connectivity index (χ0n) is 6.65. The van der Waals surface area contributed by atoms with Gasteiger partial charge in [0.05, 0.1) is 0 Å². The van der Waals surface area contributed by atoms with Gasteiger partial charge in [0.1, 0.15) is 0 Å². The van der Waals surface area contributed by atoms with E-state index in [0.717, 1.165) is 0 Å². The lowest BCUT2D eigenvalue weighted by Gasteiger charge is -2.11. The molecule has 9 heavy (non-hydrogen) atoms. The van der Waals surface area contributed by atoms with Gasteiger partial charge in [-0.25, -0.2) is 0 Å². The van der Waals surface area contributed by atoms with Gasteiger partial charge in [0.15, 0.2) is 0 Å². The summed E-state index contributed by atoms with van der Waals surface area (Å²) in [6.45, 7) is 6.42. The van der Waals surface area contributed by atoms with Crippen LogP contribution in [0.1, 0.15) is 33.6 Å². The van der Waals surface area contributed by atoms with Gasteiger partial charge in [-0.1, -0.05) is 19.9 Å². The van der Waals surface area contributed by atoms with E-state index < -0.39 is 0 Å². The highest BCUT2D eigenvalue weighted by molar-refractivity contribution is 4.78. The maximum absolute atomic E-state index is 3.29. The average molecular weight is 127 g/mol. The molecule has 0 unspecified atom stereocenters. The van der Waals surface area contributed by atoms with Crippen molar-refractivity contribution in [1.29, 1.82) is 0 Å². The lowest BCUT2D eigenvalue weighted by atomic mass is 10.2. The third-order valence-corrected chi connectivity index (χ3v) is 1.48. The maximum Gasteiger partial charge on any atom is 0.0250 e. The van der Waals surface area contributed by atoms with E-state index in [2.05, 4.69) is 19.2 Å². The van der Waals surface area contributed by atoms with Gasteiger partial charge in [0.25, 0.3) is 0 Å². The molecule has 0 aliphatic carbocycles. The van der Waals surface area contributed by atoms with E-state index in [1.807, 2.05) is 19.2 Å². The summed E-state index contributed by atoms with van der Waals surface area (Å²) in [6, 6.07) is 0.668. The highest BCUT2D eigenvalue weighted by Crippen LogP contribution is 1.94. The second-order valence-electron chi connectivity index (χ2n) is 2.18. The topological polar surface area (TPSA) is 12.0 Å². The Hall–Kier alpha value is -0.460. The summed E-state index contributed by atoms with van der Waals surface area (Å²) < 4.78 is 0. The van der Waals surface area contributed by atoms with Crippen molar-refractivity contribution in [2.45, 2.75) is 39.7 Å². The van der Waals surface area contributed by atoms with Gasteiger partial charge in [0, 0.05) is 6.04 Å². The van der Waals surface area contributed by atoms with Crippen molar-refractivity contribution < 1.29 is 0 Å². The minimum absolute atomic E-state index is 0.668. The first kappa shape index (κ1) is 8.54. The van der Waals surface area contributed by atoms with Crippen LogP contribution in [-0.2, 0) is 0 Å². The quantitative estimate of drug-likeness (QED) is 0.611. The maximum atomic E-state index is 3.29. The molecule has 0 rings (SSSR count). The molecule has 0 radical (unpaired) electrons. The molecule has 1 N–H and O–H groups in total. The standard InChI is InChI=1S/C8H17N/c1-4-7-9-8(5-2)6-3/h4,7-9H,5-6H2,1-3H3. The Balaban J connectivity index is 3.31. The minimum Gasteiger partial charge on any atom is -0.388 e. The Kier molecular flexibility index (Phi) is 5.38. The van der Waals surface area contributed by atoms with Gasteiger partial charge < -0.3 is 5.32 Å². The Bertz CT molecular complexity index is 72.6. The Morgan fingerprint density at radius 1 is 1.33 bits per heavy atom. The van der Waals surface area contributed by atoms with E-state index in [9.17, 15) is 0 Å². The van der Waals surface area contributed by atoms with E-state index in [1.165, 1.54) is 12.8 Å². The summed E-state index contributed by atoms with van der Waals surface area (Å²) >= 11 is 0. The summed E-state index contributed by atoms with van der Waals surface area (Å²) in [6.07, 6.45) is 6.46. The molecule has 0 bridgehead atoms. The number of rotatable bonds is 4. The number of hydrogen-bond donors (Lipinski definition) is 1. The Morgan fingerprint density at radius 3 is 2.22 bits per heavy atom.